The Kier molecular flexibility index (Phi) is 6.08. The molecule has 1 atom stereocenters. The molecule has 0 unspecified atom stereocenters. The maximum atomic E-state index is 13.4. The first kappa shape index (κ1) is 20.7. The van der Waals surface area contributed by atoms with Gasteiger partial charge in [-0.3, -0.25) is 19.7 Å². The Labute approximate surface area is 180 Å². The number of pyridine rings is 1. The first-order chi connectivity index (χ1) is 15.1. The zero-order valence-electron chi connectivity index (χ0n) is 17.4. The number of ether oxygens (including phenoxy) is 1. The zero-order valence-corrected chi connectivity index (χ0v) is 17.4. The summed E-state index contributed by atoms with van der Waals surface area (Å²) >= 11 is 0. The first-order valence-corrected chi connectivity index (χ1v) is 10.2. The predicted molar refractivity (Wildman–Crippen MR) is 114 cm³/mol. The molecule has 4 rings (SSSR count). The lowest BCUT2D eigenvalue weighted by Crippen LogP contribution is -2.62. The van der Waals surface area contributed by atoms with E-state index >= 15 is 0 Å². The number of nitrogens with one attached hydrogen (secondary N) is 2. The highest BCUT2D eigenvalue weighted by Crippen LogP contribution is 2.25. The summed E-state index contributed by atoms with van der Waals surface area (Å²) in [5, 5.41) is 9.73. The van der Waals surface area contributed by atoms with E-state index < -0.39 is 5.60 Å². The molecule has 8 nitrogen and oxygen atoms in total. The monoisotopic (exact) mass is 419 g/mol. The number of benzene rings is 1. The van der Waals surface area contributed by atoms with Crippen LogP contribution in [0.2, 0.25) is 0 Å². The van der Waals surface area contributed by atoms with E-state index in [0.29, 0.717) is 24.3 Å². The molecule has 2 aromatic heterocycles. The number of nitrogens with zero attached hydrogens (tertiary/aromatic N) is 3. The van der Waals surface area contributed by atoms with Gasteiger partial charge in [-0.1, -0.05) is 36.4 Å². The standard InChI is InChI=1S/C23H25N5O3/c1-17-20(15-26-27-17)21(29)28-11-12-31-23(16-28,13-19-9-5-6-10-24-19)22(30)25-14-18-7-3-2-4-8-18/h2-10,15H,11-14,16H2,1H3,(H,25,30)(H,26,27)/t23-/m1/s1. The van der Waals surface area contributed by atoms with E-state index in [1.165, 1.54) is 6.20 Å². The average Bonchev–Trinajstić information content (AvgIpc) is 3.24. The van der Waals surface area contributed by atoms with E-state index in [-0.39, 0.29) is 31.4 Å². The number of aromatic nitrogens is 3. The summed E-state index contributed by atoms with van der Waals surface area (Å²) < 4.78 is 6.08. The number of aromatic amines is 1. The Morgan fingerprint density at radius 3 is 2.71 bits per heavy atom. The lowest BCUT2D eigenvalue weighted by molar-refractivity contribution is -0.157. The lowest BCUT2D eigenvalue weighted by atomic mass is 9.93. The Balaban J connectivity index is 1.57. The van der Waals surface area contributed by atoms with Crippen LogP contribution in [-0.2, 0) is 22.5 Å². The Morgan fingerprint density at radius 1 is 1.19 bits per heavy atom. The summed E-state index contributed by atoms with van der Waals surface area (Å²) in [5.74, 6) is -0.431. The number of aryl methyl sites for hydroxylation is 1. The van der Waals surface area contributed by atoms with Crippen LogP contribution in [0.4, 0.5) is 0 Å². The van der Waals surface area contributed by atoms with Crippen molar-refractivity contribution in [1.29, 1.82) is 0 Å². The van der Waals surface area contributed by atoms with Crippen molar-refractivity contribution < 1.29 is 14.3 Å². The molecule has 0 saturated carbocycles. The molecule has 3 heterocycles. The Hall–Kier alpha value is -3.52. The van der Waals surface area contributed by atoms with Crippen molar-refractivity contribution in [3.63, 3.8) is 0 Å². The van der Waals surface area contributed by atoms with E-state index in [4.69, 9.17) is 4.74 Å². The summed E-state index contributed by atoms with van der Waals surface area (Å²) in [6.07, 6.45) is 3.47. The van der Waals surface area contributed by atoms with Gasteiger partial charge < -0.3 is 15.0 Å². The van der Waals surface area contributed by atoms with Crippen molar-refractivity contribution in [3.05, 3.63) is 83.4 Å². The Morgan fingerprint density at radius 2 is 2.00 bits per heavy atom. The zero-order chi connectivity index (χ0) is 21.7. The highest BCUT2D eigenvalue weighted by molar-refractivity contribution is 5.96. The number of amides is 2. The third kappa shape index (κ3) is 4.64. The van der Waals surface area contributed by atoms with E-state index in [0.717, 1.165) is 11.3 Å². The van der Waals surface area contributed by atoms with Crippen LogP contribution in [0.3, 0.4) is 0 Å². The fraction of sp³-hybridized carbons (Fsp3) is 0.304. The number of carbonyl (C=O) groups is 2. The average molecular weight is 419 g/mol. The van der Waals surface area contributed by atoms with Gasteiger partial charge in [0.25, 0.3) is 11.8 Å². The molecule has 0 radical (unpaired) electrons. The van der Waals surface area contributed by atoms with E-state index in [9.17, 15) is 9.59 Å². The third-order valence-corrected chi connectivity index (χ3v) is 5.44. The molecule has 2 amide bonds. The van der Waals surface area contributed by atoms with Crippen LogP contribution >= 0.6 is 0 Å². The van der Waals surface area contributed by atoms with Crippen LogP contribution in [0.5, 0.6) is 0 Å². The van der Waals surface area contributed by atoms with Crippen molar-refractivity contribution in [2.45, 2.75) is 25.5 Å². The number of H-pyrrole nitrogens is 1. The number of rotatable bonds is 6. The summed E-state index contributed by atoms with van der Waals surface area (Å²) in [6, 6.07) is 15.2. The summed E-state index contributed by atoms with van der Waals surface area (Å²) in [5.41, 5.74) is 1.68. The van der Waals surface area contributed by atoms with Gasteiger partial charge in [0.05, 0.1) is 24.9 Å². The molecule has 2 N–H and O–H groups in total. The molecule has 1 saturated heterocycles. The number of morpholine rings is 1. The van der Waals surface area contributed by atoms with Gasteiger partial charge in [0.1, 0.15) is 0 Å². The molecular formula is C23H25N5O3. The van der Waals surface area contributed by atoms with Crippen LogP contribution in [0.25, 0.3) is 0 Å². The third-order valence-electron chi connectivity index (χ3n) is 5.44. The highest BCUT2D eigenvalue weighted by Gasteiger charge is 2.45. The fourth-order valence-corrected chi connectivity index (χ4v) is 3.75. The summed E-state index contributed by atoms with van der Waals surface area (Å²) in [4.78, 5) is 32.5. The fourth-order valence-electron chi connectivity index (χ4n) is 3.75. The molecule has 0 aliphatic carbocycles. The van der Waals surface area contributed by atoms with Gasteiger partial charge in [0.2, 0.25) is 0 Å². The molecule has 1 aliphatic rings. The molecule has 1 aromatic carbocycles. The van der Waals surface area contributed by atoms with Crippen LogP contribution in [-0.4, -0.2) is 57.2 Å². The van der Waals surface area contributed by atoms with E-state index in [1.54, 1.807) is 18.0 Å². The van der Waals surface area contributed by atoms with Gasteiger partial charge >= 0.3 is 0 Å². The predicted octanol–water partition coefficient (Wildman–Crippen LogP) is 1.88. The molecule has 160 valence electrons. The van der Waals surface area contributed by atoms with Gasteiger partial charge in [-0.15, -0.1) is 0 Å². The topological polar surface area (TPSA) is 100 Å². The van der Waals surface area contributed by atoms with Gasteiger partial charge in [-0.2, -0.15) is 5.10 Å². The maximum Gasteiger partial charge on any atom is 0.257 e. The van der Waals surface area contributed by atoms with Crippen molar-refractivity contribution in [2.24, 2.45) is 0 Å². The van der Waals surface area contributed by atoms with Crippen LogP contribution in [0.1, 0.15) is 27.3 Å². The van der Waals surface area contributed by atoms with Crippen molar-refractivity contribution in [1.82, 2.24) is 25.4 Å². The van der Waals surface area contributed by atoms with Crippen LogP contribution in [0, 0.1) is 6.92 Å². The molecule has 1 fully saturated rings. The molecule has 0 spiro atoms. The van der Waals surface area contributed by atoms with Gasteiger partial charge in [-0.05, 0) is 24.6 Å². The lowest BCUT2D eigenvalue weighted by Gasteiger charge is -2.41. The summed E-state index contributed by atoms with van der Waals surface area (Å²) in [6.45, 7) is 2.97. The molecule has 0 bridgehead atoms. The summed E-state index contributed by atoms with van der Waals surface area (Å²) in [7, 11) is 0. The Bertz CT molecular complexity index is 1040. The first-order valence-electron chi connectivity index (χ1n) is 10.2. The molecule has 1 aliphatic heterocycles. The quantitative estimate of drug-likeness (QED) is 0.636. The largest absolute Gasteiger partial charge is 0.361 e. The van der Waals surface area contributed by atoms with Crippen molar-refractivity contribution >= 4 is 11.8 Å². The second kappa shape index (κ2) is 9.09. The normalized spacial score (nSPS) is 18.5. The van der Waals surface area contributed by atoms with Crippen LogP contribution in [0.15, 0.2) is 60.9 Å². The van der Waals surface area contributed by atoms with Gasteiger partial charge in [-0.25, -0.2) is 0 Å². The molecule has 8 heteroatoms. The number of carbonyl (C=O) groups excluding carboxylic acids is 2. The minimum Gasteiger partial charge on any atom is -0.361 e. The molecule has 31 heavy (non-hydrogen) atoms. The number of hydrogen-bond acceptors (Lipinski definition) is 5. The SMILES string of the molecule is Cc1[nH]ncc1C(=O)N1CCO[C@@](Cc2ccccn2)(C(=O)NCc2ccccc2)C1. The maximum absolute atomic E-state index is 13.4. The van der Waals surface area contributed by atoms with Crippen molar-refractivity contribution in [2.75, 3.05) is 19.7 Å². The van der Waals surface area contributed by atoms with Crippen molar-refractivity contribution in [3.8, 4) is 0 Å². The smallest absolute Gasteiger partial charge is 0.257 e. The van der Waals surface area contributed by atoms with Gasteiger partial charge in [0, 0.05) is 37.1 Å². The van der Waals surface area contributed by atoms with E-state index in [2.05, 4.69) is 20.5 Å². The molecular weight excluding hydrogens is 394 g/mol. The van der Waals surface area contributed by atoms with Gasteiger partial charge in [0.15, 0.2) is 5.60 Å². The van der Waals surface area contributed by atoms with E-state index in [1.807, 2.05) is 48.5 Å². The number of hydrogen-bond donors (Lipinski definition) is 2. The highest BCUT2D eigenvalue weighted by atomic mass is 16.5. The van der Waals surface area contributed by atoms with Crippen LogP contribution < -0.4 is 5.32 Å². The second-order valence-corrected chi connectivity index (χ2v) is 7.64. The minimum atomic E-state index is -1.23. The molecule has 3 aromatic rings. The minimum absolute atomic E-state index is 0.133. The second-order valence-electron chi connectivity index (χ2n) is 7.64.